The zero-order valence-electron chi connectivity index (χ0n) is 17.3. The average Bonchev–Trinajstić information content (AvgIpc) is 3.31. The number of hydrogen-bond donors (Lipinski definition) is 1. The SMILES string of the molecule is CCNC(=NCC1CC1c1ccccc1)N1CCN(C(=O)C2CCCO2)CC1.I. The van der Waals surface area contributed by atoms with Gasteiger partial charge in [0.05, 0.1) is 0 Å². The maximum Gasteiger partial charge on any atom is 0.251 e. The summed E-state index contributed by atoms with van der Waals surface area (Å²) in [7, 11) is 0. The summed E-state index contributed by atoms with van der Waals surface area (Å²) in [6.45, 7) is 7.72. The third-order valence-electron chi connectivity index (χ3n) is 6.06. The van der Waals surface area contributed by atoms with E-state index in [0.29, 0.717) is 11.8 Å². The molecule has 1 N–H and O–H groups in total. The lowest BCUT2D eigenvalue weighted by Gasteiger charge is -2.37. The van der Waals surface area contributed by atoms with Gasteiger partial charge in [-0.05, 0) is 43.6 Å². The summed E-state index contributed by atoms with van der Waals surface area (Å²) >= 11 is 0. The monoisotopic (exact) mass is 512 g/mol. The largest absolute Gasteiger partial charge is 0.368 e. The minimum absolute atomic E-state index is 0. The highest BCUT2D eigenvalue weighted by molar-refractivity contribution is 14.0. The number of nitrogens with zero attached hydrogens (tertiary/aromatic N) is 3. The lowest BCUT2D eigenvalue weighted by atomic mass is 10.1. The molecule has 1 amide bonds. The zero-order valence-corrected chi connectivity index (χ0v) is 19.6. The van der Waals surface area contributed by atoms with Crippen molar-refractivity contribution in [3.05, 3.63) is 35.9 Å². The van der Waals surface area contributed by atoms with E-state index in [1.165, 1.54) is 12.0 Å². The lowest BCUT2D eigenvalue weighted by Crippen LogP contribution is -2.55. The van der Waals surface area contributed by atoms with Gasteiger partial charge in [-0.1, -0.05) is 30.3 Å². The molecule has 29 heavy (non-hydrogen) atoms. The minimum Gasteiger partial charge on any atom is -0.368 e. The number of amides is 1. The van der Waals surface area contributed by atoms with Crippen LogP contribution in [-0.4, -0.2) is 73.6 Å². The van der Waals surface area contributed by atoms with E-state index in [-0.39, 0.29) is 36.0 Å². The van der Waals surface area contributed by atoms with Crippen LogP contribution in [0.1, 0.15) is 37.7 Å². The molecule has 3 fully saturated rings. The molecule has 1 aromatic carbocycles. The summed E-state index contributed by atoms with van der Waals surface area (Å²) in [5, 5.41) is 3.44. The van der Waals surface area contributed by atoms with Crippen molar-refractivity contribution in [2.24, 2.45) is 10.9 Å². The van der Waals surface area contributed by atoms with Crippen LogP contribution in [0, 0.1) is 5.92 Å². The van der Waals surface area contributed by atoms with E-state index in [9.17, 15) is 4.79 Å². The molecule has 1 aliphatic carbocycles. The van der Waals surface area contributed by atoms with E-state index in [1.54, 1.807) is 0 Å². The minimum atomic E-state index is -0.210. The van der Waals surface area contributed by atoms with Gasteiger partial charge in [0, 0.05) is 45.9 Å². The molecule has 6 nitrogen and oxygen atoms in total. The molecule has 0 spiro atoms. The van der Waals surface area contributed by atoms with Crippen LogP contribution in [0.4, 0.5) is 0 Å². The van der Waals surface area contributed by atoms with Gasteiger partial charge in [0.25, 0.3) is 5.91 Å². The highest BCUT2D eigenvalue weighted by Crippen LogP contribution is 2.47. The number of aliphatic imine (C=N–C) groups is 1. The van der Waals surface area contributed by atoms with Crippen LogP contribution in [0.15, 0.2) is 35.3 Å². The second-order valence-electron chi connectivity index (χ2n) is 8.02. The van der Waals surface area contributed by atoms with Gasteiger partial charge in [-0.2, -0.15) is 0 Å². The first-order valence-electron chi connectivity index (χ1n) is 10.7. The van der Waals surface area contributed by atoms with Gasteiger partial charge in [-0.3, -0.25) is 9.79 Å². The first kappa shape index (κ1) is 22.3. The van der Waals surface area contributed by atoms with Crippen molar-refractivity contribution >= 4 is 35.8 Å². The molecule has 2 saturated heterocycles. The third-order valence-corrected chi connectivity index (χ3v) is 6.06. The smallest absolute Gasteiger partial charge is 0.251 e. The molecule has 2 heterocycles. The van der Waals surface area contributed by atoms with Gasteiger partial charge in [0.1, 0.15) is 6.10 Å². The first-order valence-corrected chi connectivity index (χ1v) is 10.7. The van der Waals surface area contributed by atoms with Crippen molar-refractivity contribution in [3.63, 3.8) is 0 Å². The fraction of sp³-hybridized carbons (Fsp3) is 0.636. The fourth-order valence-corrected chi connectivity index (χ4v) is 4.30. The molecule has 0 radical (unpaired) electrons. The number of piperazine rings is 1. The number of halogens is 1. The van der Waals surface area contributed by atoms with Gasteiger partial charge in [-0.25, -0.2) is 0 Å². The lowest BCUT2D eigenvalue weighted by molar-refractivity contribution is -0.142. The number of rotatable bonds is 5. The predicted octanol–water partition coefficient (Wildman–Crippen LogP) is 2.70. The standard InChI is InChI=1S/C22H32N4O2.HI/c1-2-23-22(24-16-18-15-19(18)17-7-4-3-5-8-17)26-12-10-25(11-13-26)21(27)20-9-6-14-28-20;/h3-5,7-8,18-20H,2,6,9-16H2,1H3,(H,23,24);1H. The van der Waals surface area contributed by atoms with Gasteiger partial charge in [0.2, 0.25) is 0 Å². The van der Waals surface area contributed by atoms with Crippen LogP contribution >= 0.6 is 24.0 Å². The fourth-order valence-electron chi connectivity index (χ4n) is 4.30. The molecule has 2 aliphatic heterocycles. The Labute approximate surface area is 191 Å². The number of hydrogen-bond acceptors (Lipinski definition) is 3. The Morgan fingerprint density at radius 2 is 1.90 bits per heavy atom. The van der Waals surface area contributed by atoms with Crippen LogP contribution < -0.4 is 5.32 Å². The number of nitrogens with one attached hydrogen (secondary N) is 1. The summed E-state index contributed by atoms with van der Waals surface area (Å²) in [5.74, 6) is 2.47. The van der Waals surface area contributed by atoms with Crippen molar-refractivity contribution in [1.82, 2.24) is 15.1 Å². The molecule has 1 aromatic rings. The molecule has 4 rings (SSSR count). The van der Waals surface area contributed by atoms with E-state index in [4.69, 9.17) is 9.73 Å². The predicted molar refractivity (Wildman–Crippen MR) is 126 cm³/mol. The Hall–Kier alpha value is -1.35. The quantitative estimate of drug-likeness (QED) is 0.375. The van der Waals surface area contributed by atoms with E-state index < -0.39 is 0 Å². The second kappa shape index (κ2) is 10.6. The average molecular weight is 512 g/mol. The van der Waals surface area contributed by atoms with Crippen molar-refractivity contribution in [2.45, 2.75) is 38.2 Å². The van der Waals surface area contributed by atoms with Crippen LogP contribution in [-0.2, 0) is 9.53 Å². The third kappa shape index (κ3) is 5.63. The molecule has 1 saturated carbocycles. The number of carbonyl (C=O) groups excluding carboxylic acids is 1. The van der Waals surface area contributed by atoms with E-state index in [1.807, 2.05) is 4.90 Å². The molecule has 3 atom stereocenters. The van der Waals surface area contributed by atoms with Gasteiger partial charge >= 0.3 is 0 Å². The summed E-state index contributed by atoms with van der Waals surface area (Å²) in [5.41, 5.74) is 1.44. The van der Waals surface area contributed by atoms with Gasteiger partial charge in [0.15, 0.2) is 5.96 Å². The number of ether oxygens (including phenoxy) is 1. The van der Waals surface area contributed by atoms with Crippen molar-refractivity contribution in [2.75, 3.05) is 45.9 Å². The molecular formula is C22H33IN4O2. The molecule has 160 valence electrons. The van der Waals surface area contributed by atoms with Crippen LogP contribution in [0.2, 0.25) is 0 Å². The molecule has 7 heteroatoms. The Kier molecular flexibility index (Phi) is 8.17. The normalized spacial score (nSPS) is 26.8. The molecule has 0 aromatic heterocycles. The Morgan fingerprint density at radius 3 is 2.55 bits per heavy atom. The Balaban J connectivity index is 0.00000240. The first-order chi connectivity index (χ1) is 13.8. The summed E-state index contributed by atoms with van der Waals surface area (Å²) < 4.78 is 5.56. The van der Waals surface area contributed by atoms with Crippen LogP contribution in [0.25, 0.3) is 0 Å². The van der Waals surface area contributed by atoms with Crippen molar-refractivity contribution in [3.8, 4) is 0 Å². The van der Waals surface area contributed by atoms with Crippen LogP contribution in [0.5, 0.6) is 0 Å². The maximum atomic E-state index is 12.5. The number of carbonyl (C=O) groups is 1. The van der Waals surface area contributed by atoms with Crippen molar-refractivity contribution in [1.29, 1.82) is 0 Å². The molecule has 3 unspecified atom stereocenters. The van der Waals surface area contributed by atoms with E-state index >= 15 is 0 Å². The zero-order chi connectivity index (χ0) is 19.3. The van der Waals surface area contributed by atoms with E-state index in [0.717, 1.165) is 64.7 Å². The Morgan fingerprint density at radius 1 is 1.17 bits per heavy atom. The van der Waals surface area contributed by atoms with Crippen molar-refractivity contribution < 1.29 is 9.53 Å². The summed E-state index contributed by atoms with van der Waals surface area (Å²) in [6, 6.07) is 10.8. The van der Waals surface area contributed by atoms with Gasteiger partial charge < -0.3 is 19.9 Å². The topological polar surface area (TPSA) is 57.2 Å². The van der Waals surface area contributed by atoms with E-state index in [2.05, 4.69) is 47.5 Å². The van der Waals surface area contributed by atoms with Gasteiger partial charge in [-0.15, -0.1) is 24.0 Å². The summed E-state index contributed by atoms with van der Waals surface area (Å²) in [4.78, 5) is 21.7. The maximum absolute atomic E-state index is 12.5. The number of guanidine groups is 1. The highest BCUT2D eigenvalue weighted by Gasteiger charge is 2.38. The molecule has 3 aliphatic rings. The second-order valence-corrected chi connectivity index (χ2v) is 8.02. The highest BCUT2D eigenvalue weighted by atomic mass is 127. The summed E-state index contributed by atoms with van der Waals surface area (Å²) in [6.07, 6.45) is 2.89. The Bertz CT molecular complexity index is 685. The molecular weight excluding hydrogens is 479 g/mol. The molecule has 0 bridgehead atoms. The van der Waals surface area contributed by atoms with Crippen LogP contribution in [0.3, 0.4) is 0 Å². The number of benzene rings is 1.